The van der Waals surface area contributed by atoms with Crippen LogP contribution in [0.2, 0.25) is 0 Å². The third-order valence-corrected chi connectivity index (χ3v) is 2.34. The molecule has 0 spiro atoms. The third-order valence-electron chi connectivity index (χ3n) is 2.34. The highest BCUT2D eigenvalue weighted by molar-refractivity contribution is 5.99. The maximum atomic E-state index is 12.1. The van der Waals surface area contributed by atoms with Gasteiger partial charge in [0.05, 0.1) is 12.7 Å². The van der Waals surface area contributed by atoms with Crippen LogP contribution in [0.1, 0.15) is 17.3 Å². The van der Waals surface area contributed by atoms with E-state index in [1.165, 1.54) is 0 Å². The second kappa shape index (κ2) is 5.39. The monoisotopic (exact) mass is 234 g/mol. The van der Waals surface area contributed by atoms with E-state index < -0.39 is 0 Å². The molecular weight excluding hydrogens is 216 g/mol. The van der Waals surface area contributed by atoms with E-state index in [9.17, 15) is 4.79 Å². The van der Waals surface area contributed by atoms with Crippen molar-refractivity contribution in [3.05, 3.63) is 35.9 Å². The highest BCUT2D eigenvalue weighted by Crippen LogP contribution is 2.20. The summed E-state index contributed by atoms with van der Waals surface area (Å²) >= 11 is 0. The summed E-state index contributed by atoms with van der Waals surface area (Å²) < 4.78 is 5.08. The first-order chi connectivity index (χ1) is 7.95. The Labute approximate surface area is 102 Å². The molecule has 17 heavy (non-hydrogen) atoms. The molecule has 92 valence electrons. The summed E-state index contributed by atoms with van der Waals surface area (Å²) in [6.45, 7) is 6.16. The van der Waals surface area contributed by atoms with E-state index in [2.05, 4.69) is 6.58 Å². The van der Waals surface area contributed by atoms with Crippen molar-refractivity contribution in [3.8, 4) is 5.75 Å². The number of hydrogen-bond donors (Lipinski definition) is 1. The van der Waals surface area contributed by atoms with Crippen LogP contribution in [0, 0.1) is 0 Å². The average Bonchev–Trinajstić information content (AvgIpc) is 2.28. The van der Waals surface area contributed by atoms with Gasteiger partial charge in [0, 0.05) is 19.3 Å². The Hall–Kier alpha value is -1.97. The topological polar surface area (TPSA) is 55.6 Å². The Kier molecular flexibility index (Phi) is 4.15. The minimum Gasteiger partial charge on any atom is -0.497 e. The van der Waals surface area contributed by atoms with E-state index in [0.29, 0.717) is 23.5 Å². The molecule has 0 aliphatic rings. The molecule has 0 radical (unpaired) electrons. The minimum absolute atomic E-state index is 0.135. The smallest absolute Gasteiger partial charge is 0.256 e. The number of anilines is 1. The molecule has 0 fully saturated rings. The first-order valence-corrected chi connectivity index (χ1v) is 5.29. The molecule has 0 aromatic heterocycles. The van der Waals surface area contributed by atoms with Gasteiger partial charge < -0.3 is 15.4 Å². The number of nitrogens with two attached hydrogens (primary N) is 1. The summed E-state index contributed by atoms with van der Waals surface area (Å²) in [5.41, 5.74) is 7.61. The van der Waals surface area contributed by atoms with Crippen LogP contribution < -0.4 is 10.5 Å². The summed E-state index contributed by atoms with van der Waals surface area (Å²) in [5.74, 6) is 0.482. The van der Waals surface area contributed by atoms with Gasteiger partial charge in [0.15, 0.2) is 0 Å². The number of ether oxygens (including phenoxy) is 1. The minimum atomic E-state index is -0.135. The molecule has 1 amide bonds. The predicted molar refractivity (Wildman–Crippen MR) is 69.2 cm³/mol. The van der Waals surface area contributed by atoms with E-state index in [1.807, 2.05) is 6.92 Å². The lowest BCUT2D eigenvalue weighted by Gasteiger charge is -2.18. The maximum Gasteiger partial charge on any atom is 0.256 e. The van der Waals surface area contributed by atoms with Crippen molar-refractivity contribution in [1.29, 1.82) is 0 Å². The first-order valence-electron chi connectivity index (χ1n) is 5.29. The quantitative estimate of drug-likeness (QED) is 0.639. The Balaban J connectivity index is 2.98. The highest BCUT2D eigenvalue weighted by Gasteiger charge is 2.15. The second-order valence-electron chi connectivity index (χ2n) is 4.07. The second-order valence-corrected chi connectivity index (χ2v) is 4.07. The van der Waals surface area contributed by atoms with Gasteiger partial charge >= 0.3 is 0 Å². The van der Waals surface area contributed by atoms with Crippen LogP contribution >= 0.6 is 0 Å². The Morgan fingerprint density at radius 2 is 2.18 bits per heavy atom. The van der Waals surface area contributed by atoms with E-state index in [1.54, 1.807) is 37.3 Å². The molecule has 0 atom stereocenters. The molecule has 0 heterocycles. The fourth-order valence-corrected chi connectivity index (χ4v) is 1.53. The number of nitrogen functional groups attached to an aromatic ring is 1. The number of nitrogens with zero attached hydrogens (tertiary/aromatic N) is 1. The average molecular weight is 234 g/mol. The molecule has 2 N–H and O–H groups in total. The molecule has 0 saturated heterocycles. The van der Waals surface area contributed by atoms with Crippen LogP contribution in [0.25, 0.3) is 0 Å². The van der Waals surface area contributed by atoms with E-state index in [4.69, 9.17) is 10.5 Å². The highest BCUT2D eigenvalue weighted by atomic mass is 16.5. The van der Waals surface area contributed by atoms with Gasteiger partial charge in [0.25, 0.3) is 5.91 Å². The van der Waals surface area contributed by atoms with Crippen molar-refractivity contribution < 1.29 is 9.53 Å². The number of carbonyl (C=O) groups excluding carboxylic acids is 1. The molecule has 0 aliphatic heterocycles. The van der Waals surface area contributed by atoms with Crippen molar-refractivity contribution in [2.75, 3.05) is 26.4 Å². The zero-order valence-electron chi connectivity index (χ0n) is 10.5. The van der Waals surface area contributed by atoms with Crippen LogP contribution in [0.3, 0.4) is 0 Å². The van der Waals surface area contributed by atoms with Gasteiger partial charge in [0.1, 0.15) is 5.75 Å². The van der Waals surface area contributed by atoms with Gasteiger partial charge in [-0.15, -0.1) is 0 Å². The standard InChI is InChI=1S/C13H18N2O2/c1-9(2)8-15(3)13(16)11-7-10(17-4)5-6-12(11)14/h5-7H,1,8,14H2,2-4H3. The van der Waals surface area contributed by atoms with Gasteiger partial charge in [-0.2, -0.15) is 0 Å². The number of benzene rings is 1. The van der Waals surface area contributed by atoms with Crippen molar-refractivity contribution in [2.45, 2.75) is 6.92 Å². The molecule has 0 unspecified atom stereocenters. The molecule has 0 bridgehead atoms. The maximum absolute atomic E-state index is 12.1. The summed E-state index contributed by atoms with van der Waals surface area (Å²) in [7, 11) is 3.27. The lowest BCUT2D eigenvalue weighted by Crippen LogP contribution is -2.28. The van der Waals surface area contributed by atoms with Crippen LogP contribution in [0.15, 0.2) is 30.4 Å². The van der Waals surface area contributed by atoms with Gasteiger partial charge in [-0.25, -0.2) is 0 Å². The Morgan fingerprint density at radius 1 is 1.53 bits per heavy atom. The molecule has 1 rings (SSSR count). The summed E-state index contributed by atoms with van der Waals surface area (Å²) in [4.78, 5) is 13.7. The molecule has 4 nitrogen and oxygen atoms in total. The number of carbonyl (C=O) groups is 1. The predicted octanol–water partition coefficient (Wildman–Crippen LogP) is 1.93. The van der Waals surface area contributed by atoms with Crippen molar-refractivity contribution in [2.24, 2.45) is 0 Å². The number of likely N-dealkylation sites (N-methyl/N-ethyl adjacent to an activating group) is 1. The molecule has 0 saturated carbocycles. The number of rotatable bonds is 4. The van der Waals surface area contributed by atoms with E-state index >= 15 is 0 Å². The van der Waals surface area contributed by atoms with E-state index in [-0.39, 0.29) is 5.91 Å². The molecule has 1 aromatic carbocycles. The summed E-state index contributed by atoms with van der Waals surface area (Å²) in [6.07, 6.45) is 0. The molecule has 1 aromatic rings. The number of amides is 1. The van der Waals surface area contributed by atoms with Crippen molar-refractivity contribution in [1.82, 2.24) is 4.90 Å². The van der Waals surface area contributed by atoms with Gasteiger partial charge in [-0.05, 0) is 25.1 Å². The van der Waals surface area contributed by atoms with Gasteiger partial charge in [0.2, 0.25) is 0 Å². The van der Waals surface area contributed by atoms with Crippen LogP contribution in [0.5, 0.6) is 5.75 Å². The van der Waals surface area contributed by atoms with Gasteiger partial charge in [-0.3, -0.25) is 4.79 Å². The van der Waals surface area contributed by atoms with Crippen LogP contribution in [0.4, 0.5) is 5.69 Å². The Bertz CT molecular complexity index is 441. The number of hydrogen-bond acceptors (Lipinski definition) is 3. The molecule has 0 aliphatic carbocycles. The van der Waals surface area contributed by atoms with Crippen LogP contribution in [-0.4, -0.2) is 31.5 Å². The van der Waals surface area contributed by atoms with E-state index in [0.717, 1.165) is 5.57 Å². The SMILES string of the molecule is C=C(C)CN(C)C(=O)c1cc(OC)ccc1N. The molecule has 4 heteroatoms. The lowest BCUT2D eigenvalue weighted by atomic mass is 10.1. The zero-order chi connectivity index (χ0) is 13.0. The third kappa shape index (κ3) is 3.24. The Morgan fingerprint density at radius 3 is 2.71 bits per heavy atom. The van der Waals surface area contributed by atoms with Crippen molar-refractivity contribution >= 4 is 11.6 Å². The first kappa shape index (κ1) is 13.1. The molecular formula is C13H18N2O2. The normalized spacial score (nSPS) is 9.82. The van der Waals surface area contributed by atoms with Gasteiger partial charge in [-0.1, -0.05) is 12.2 Å². The van der Waals surface area contributed by atoms with Crippen LogP contribution in [-0.2, 0) is 0 Å². The number of methoxy groups -OCH3 is 1. The lowest BCUT2D eigenvalue weighted by molar-refractivity contribution is 0.0807. The van der Waals surface area contributed by atoms with Crippen molar-refractivity contribution in [3.63, 3.8) is 0 Å². The summed E-state index contributed by atoms with van der Waals surface area (Å²) in [6, 6.07) is 5.04. The fraction of sp³-hybridized carbons (Fsp3) is 0.308. The largest absolute Gasteiger partial charge is 0.497 e. The fourth-order valence-electron chi connectivity index (χ4n) is 1.53. The zero-order valence-corrected chi connectivity index (χ0v) is 10.5. The summed E-state index contributed by atoms with van der Waals surface area (Å²) in [5, 5.41) is 0.